The van der Waals surface area contributed by atoms with E-state index in [0.29, 0.717) is 12.5 Å². The zero-order valence-electron chi connectivity index (χ0n) is 6.80. The van der Waals surface area contributed by atoms with E-state index in [2.05, 4.69) is 0 Å². The lowest BCUT2D eigenvalue weighted by Gasteiger charge is -2.11. The quantitative estimate of drug-likeness (QED) is 0.585. The van der Waals surface area contributed by atoms with Crippen molar-refractivity contribution in [2.75, 3.05) is 34.0 Å². The molecule has 3 heteroatoms. The molecule has 0 heterocycles. The van der Waals surface area contributed by atoms with Gasteiger partial charge in [0, 0.05) is 20.8 Å². The highest BCUT2D eigenvalue weighted by Gasteiger charge is 2.04. The van der Waals surface area contributed by atoms with Crippen LogP contribution in [0, 0.1) is 5.92 Å². The SMILES string of the molecule is COCCC(CN)COC. The Bertz CT molecular complexity index is 68.6. The minimum Gasteiger partial charge on any atom is -0.385 e. The van der Waals surface area contributed by atoms with Gasteiger partial charge < -0.3 is 15.2 Å². The maximum atomic E-state index is 5.46. The van der Waals surface area contributed by atoms with Gasteiger partial charge in [-0.25, -0.2) is 0 Å². The Hall–Kier alpha value is -0.120. The van der Waals surface area contributed by atoms with Crippen LogP contribution in [0.25, 0.3) is 0 Å². The van der Waals surface area contributed by atoms with Crippen LogP contribution in [0.3, 0.4) is 0 Å². The minimum absolute atomic E-state index is 0.449. The molecule has 0 bridgehead atoms. The van der Waals surface area contributed by atoms with Gasteiger partial charge in [-0.05, 0) is 18.9 Å². The average Bonchev–Trinajstić information content (AvgIpc) is 1.98. The predicted molar refractivity (Wildman–Crippen MR) is 40.9 cm³/mol. The molecule has 0 aromatic heterocycles. The van der Waals surface area contributed by atoms with E-state index < -0.39 is 0 Å². The predicted octanol–water partition coefficient (Wildman–Crippen LogP) is 0.244. The molecule has 2 N–H and O–H groups in total. The van der Waals surface area contributed by atoms with Gasteiger partial charge in [0.25, 0.3) is 0 Å². The third-order valence-electron chi connectivity index (χ3n) is 1.47. The van der Waals surface area contributed by atoms with Crippen LogP contribution in [0.1, 0.15) is 6.42 Å². The summed E-state index contributed by atoms with van der Waals surface area (Å²) in [6, 6.07) is 0. The monoisotopic (exact) mass is 147 g/mol. The van der Waals surface area contributed by atoms with Crippen LogP contribution in [0.5, 0.6) is 0 Å². The third-order valence-corrected chi connectivity index (χ3v) is 1.47. The molecule has 0 saturated heterocycles. The molecule has 0 aliphatic heterocycles. The van der Waals surface area contributed by atoms with Crippen LogP contribution < -0.4 is 5.73 Å². The van der Waals surface area contributed by atoms with E-state index in [1.165, 1.54) is 0 Å². The first-order valence-corrected chi connectivity index (χ1v) is 3.53. The molecule has 0 fully saturated rings. The highest BCUT2D eigenvalue weighted by molar-refractivity contribution is 4.57. The number of nitrogens with two attached hydrogens (primary N) is 1. The molecule has 3 nitrogen and oxygen atoms in total. The van der Waals surface area contributed by atoms with E-state index in [4.69, 9.17) is 15.2 Å². The van der Waals surface area contributed by atoms with E-state index in [0.717, 1.165) is 19.6 Å². The summed E-state index contributed by atoms with van der Waals surface area (Å²) in [5, 5.41) is 0. The van der Waals surface area contributed by atoms with Crippen LogP contribution in [0.15, 0.2) is 0 Å². The maximum Gasteiger partial charge on any atom is 0.0503 e. The lowest BCUT2D eigenvalue weighted by molar-refractivity contribution is 0.121. The summed E-state index contributed by atoms with van der Waals surface area (Å²) < 4.78 is 9.87. The third kappa shape index (κ3) is 4.73. The Morgan fingerprint density at radius 2 is 2.00 bits per heavy atom. The van der Waals surface area contributed by atoms with Gasteiger partial charge in [-0.2, -0.15) is 0 Å². The van der Waals surface area contributed by atoms with E-state index in [1.54, 1.807) is 14.2 Å². The van der Waals surface area contributed by atoms with Crippen LogP contribution in [0.2, 0.25) is 0 Å². The molecule has 0 spiro atoms. The van der Waals surface area contributed by atoms with Gasteiger partial charge >= 0.3 is 0 Å². The highest BCUT2D eigenvalue weighted by atomic mass is 16.5. The number of hydrogen-bond acceptors (Lipinski definition) is 3. The molecule has 0 radical (unpaired) electrons. The number of rotatable bonds is 6. The molecule has 0 amide bonds. The molecule has 1 atom stereocenters. The zero-order chi connectivity index (χ0) is 7.82. The normalized spacial score (nSPS) is 13.5. The van der Waals surface area contributed by atoms with Crippen LogP contribution >= 0.6 is 0 Å². The molecule has 0 aliphatic carbocycles. The minimum atomic E-state index is 0.449. The Kier molecular flexibility index (Phi) is 6.91. The summed E-state index contributed by atoms with van der Waals surface area (Å²) >= 11 is 0. The van der Waals surface area contributed by atoms with Crippen molar-refractivity contribution in [2.45, 2.75) is 6.42 Å². The molecule has 0 aliphatic rings. The van der Waals surface area contributed by atoms with Gasteiger partial charge in [0.2, 0.25) is 0 Å². The fourth-order valence-corrected chi connectivity index (χ4v) is 0.789. The van der Waals surface area contributed by atoms with E-state index in [-0.39, 0.29) is 0 Å². The molecule has 0 aromatic carbocycles. The largest absolute Gasteiger partial charge is 0.385 e. The summed E-state index contributed by atoms with van der Waals surface area (Å²) in [7, 11) is 3.38. The van der Waals surface area contributed by atoms with Crippen LogP contribution in [-0.2, 0) is 9.47 Å². The van der Waals surface area contributed by atoms with Gasteiger partial charge in [0.15, 0.2) is 0 Å². The van der Waals surface area contributed by atoms with Crippen molar-refractivity contribution >= 4 is 0 Å². The van der Waals surface area contributed by atoms with E-state index >= 15 is 0 Å². The lowest BCUT2D eigenvalue weighted by atomic mass is 10.1. The van der Waals surface area contributed by atoms with Gasteiger partial charge in [-0.15, -0.1) is 0 Å². The van der Waals surface area contributed by atoms with Crippen molar-refractivity contribution in [3.05, 3.63) is 0 Å². The Morgan fingerprint density at radius 3 is 2.40 bits per heavy atom. The van der Waals surface area contributed by atoms with Gasteiger partial charge in [-0.1, -0.05) is 0 Å². The maximum absolute atomic E-state index is 5.46. The molecule has 10 heavy (non-hydrogen) atoms. The topological polar surface area (TPSA) is 44.5 Å². The first-order chi connectivity index (χ1) is 4.85. The van der Waals surface area contributed by atoms with Gasteiger partial charge in [0.05, 0.1) is 6.61 Å². The number of methoxy groups -OCH3 is 2. The summed E-state index contributed by atoms with van der Waals surface area (Å²) in [4.78, 5) is 0. The standard InChI is InChI=1S/C7H17NO2/c1-9-4-3-7(5-8)6-10-2/h7H,3-6,8H2,1-2H3. The van der Waals surface area contributed by atoms with Crippen molar-refractivity contribution in [3.63, 3.8) is 0 Å². The Balaban J connectivity index is 3.21. The first-order valence-electron chi connectivity index (χ1n) is 3.53. The van der Waals surface area contributed by atoms with Crippen molar-refractivity contribution < 1.29 is 9.47 Å². The smallest absolute Gasteiger partial charge is 0.0503 e. The van der Waals surface area contributed by atoms with Crippen molar-refractivity contribution in [1.82, 2.24) is 0 Å². The number of ether oxygens (including phenoxy) is 2. The summed E-state index contributed by atoms with van der Waals surface area (Å²) in [5.41, 5.74) is 5.46. The fraction of sp³-hybridized carbons (Fsp3) is 1.00. The van der Waals surface area contributed by atoms with Crippen molar-refractivity contribution in [1.29, 1.82) is 0 Å². The second kappa shape index (κ2) is 6.99. The molecular weight excluding hydrogens is 130 g/mol. The summed E-state index contributed by atoms with van der Waals surface area (Å²) in [5.74, 6) is 0.449. The second-order valence-corrected chi connectivity index (χ2v) is 2.34. The van der Waals surface area contributed by atoms with Crippen LogP contribution in [-0.4, -0.2) is 34.0 Å². The Morgan fingerprint density at radius 1 is 1.30 bits per heavy atom. The fourth-order valence-electron chi connectivity index (χ4n) is 0.789. The first kappa shape index (κ1) is 9.88. The van der Waals surface area contributed by atoms with Gasteiger partial charge in [0.1, 0.15) is 0 Å². The summed E-state index contributed by atoms with van der Waals surface area (Å²) in [6.07, 6.45) is 0.987. The number of hydrogen-bond donors (Lipinski definition) is 1. The molecule has 0 rings (SSSR count). The molecule has 1 unspecified atom stereocenters. The Labute approximate surface area is 62.5 Å². The molecule has 0 aromatic rings. The molecule has 0 saturated carbocycles. The lowest BCUT2D eigenvalue weighted by Crippen LogP contribution is -2.20. The highest BCUT2D eigenvalue weighted by Crippen LogP contribution is 2.00. The second-order valence-electron chi connectivity index (χ2n) is 2.34. The average molecular weight is 147 g/mol. The molecular formula is C7H17NO2. The van der Waals surface area contributed by atoms with E-state index in [1.807, 2.05) is 0 Å². The van der Waals surface area contributed by atoms with Crippen LogP contribution in [0.4, 0.5) is 0 Å². The summed E-state index contributed by atoms with van der Waals surface area (Å²) in [6.45, 7) is 2.18. The van der Waals surface area contributed by atoms with Crippen molar-refractivity contribution in [3.8, 4) is 0 Å². The van der Waals surface area contributed by atoms with E-state index in [9.17, 15) is 0 Å². The van der Waals surface area contributed by atoms with Gasteiger partial charge in [-0.3, -0.25) is 0 Å². The zero-order valence-corrected chi connectivity index (χ0v) is 6.80. The molecule has 62 valence electrons. The van der Waals surface area contributed by atoms with Crippen molar-refractivity contribution in [2.24, 2.45) is 11.7 Å².